The van der Waals surface area contributed by atoms with Crippen LogP contribution >= 0.6 is 0 Å². The maximum absolute atomic E-state index is 11.4. The molecule has 2 N–H and O–H groups in total. The standard InChI is InChI=1S/C10H11NO3.C10H9NO2/c1-2-9(12)11-8-6-4-3-5-7(8)10(13)14;1-2-9-11-8-6-4-3-5-7(8)10(12)13-9/h3-6H,2H2,1H3,(H,11,12)(H,13,14);3-6H,2H2,1H3. The molecule has 2 aromatic carbocycles. The second-order valence-corrected chi connectivity index (χ2v) is 5.52. The lowest BCUT2D eigenvalue weighted by Gasteiger charge is -2.06. The van der Waals surface area contributed by atoms with E-state index in [1.165, 1.54) is 6.07 Å². The predicted octanol–water partition coefficient (Wildman–Crippen LogP) is 3.48. The molecule has 0 spiro atoms. The van der Waals surface area contributed by atoms with Crippen LogP contribution in [0.3, 0.4) is 0 Å². The van der Waals surface area contributed by atoms with Crippen molar-refractivity contribution in [3.63, 3.8) is 0 Å². The molecule has 7 heteroatoms. The van der Waals surface area contributed by atoms with Crippen LogP contribution in [0.5, 0.6) is 0 Å². The van der Waals surface area contributed by atoms with Gasteiger partial charge in [0.2, 0.25) is 5.91 Å². The Morgan fingerprint density at radius 2 is 1.74 bits per heavy atom. The van der Waals surface area contributed by atoms with Crippen LogP contribution in [-0.4, -0.2) is 22.0 Å². The van der Waals surface area contributed by atoms with Crippen LogP contribution in [0.2, 0.25) is 0 Å². The first-order chi connectivity index (χ1) is 13.0. The molecule has 0 saturated carbocycles. The number of rotatable bonds is 4. The minimum atomic E-state index is -1.04. The number of carbonyl (C=O) groups excluding carboxylic acids is 1. The molecule has 140 valence electrons. The summed E-state index contributed by atoms with van der Waals surface area (Å²) in [6.07, 6.45) is 0.966. The van der Waals surface area contributed by atoms with Gasteiger partial charge in [-0.2, -0.15) is 0 Å². The fourth-order valence-electron chi connectivity index (χ4n) is 2.23. The van der Waals surface area contributed by atoms with Crippen molar-refractivity contribution in [2.45, 2.75) is 26.7 Å². The number of carbonyl (C=O) groups is 2. The molecule has 0 radical (unpaired) electrons. The summed E-state index contributed by atoms with van der Waals surface area (Å²) in [5.41, 5.74) is 0.846. The van der Waals surface area contributed by atoms with E-state index in [9.17, 15) is 14.4 Å². The first kappa shape index (κ1) is 19.8. The van der Waals surface area contributed by atoms with Crippen molar-refractivity contribution in [2.24, 2.45) is 0 Å². The van der Waals surface area contributed by atoms with E-state index < -0.39 is 5.97 Å². The van der Waals surface area contributed by atoms with Gasteiger partial charge in [0.05, 0.1) is 22.2 Å². The minimum absolute atomic E-state index is 0.106. The van der Waals surface area contributed by atoms with Gasteiger partial charge in [-0.15, -0.1) is 0 Å². The van der Waals surface area contributed by atoms with E-state index >= 15 is 0 Å². The average molecular weight is 368 g/mol. The van der Waals surface area contributed by atoms with E-state index in [1.54, 1.807) is 37.3 Å². The maximum Gasteiger partial charge on any atom is 0.346 e. The lowest BCUT2D eigenvalue weighted by molar-refractivity contribution is -0.115. The van der Waals surface area contributed by atoms with Crippen LogP contribution in [0.15, 0.2) is 57.7 Å². The number of para-hydroxylation sites is 2. The van der Waals surface area contributed by atoms with Crippen molar-refractivity contribution in [2.75, 3.05) is 5.32 Å². The van der Waals surface area contributed by atoms with Crippen LogP contribution in [-0.2, 0) is 11.2 Å². The summed E-state index contributed by atoms with van der Waals surface area (Å²) in [5, 5.41) is 11.9. The molecule has 3 aromatic rings. The van der Waals surface area contributed by atoms with E-state index in [0.717, 1.165) is 0 Å². The molecular formula is C20H20N2O5. The summed E-state index contributed by atoms with van der Waals surface area (Å²) >= 11 is 0. The van der Waals surface area contributed by atoms with Gasteiger partial charge in [0, 0.05) is 12.8 Å². The van der Waals surface area contributed by atoms with Crippen LogP contribution in [0.4, 0.5) is 5.69 Å². The van der Waals surface area contributed by atoms with Crippen molar-refractivity contribution in [3.05, 3.63) is 70.4 Å². The normalized spacial score (nSPS) is 10.0. The number of aryl methyl sites for hydroxylation is 1. The molecule has 1 heterocycles. The summed E-state index contributed by atoms with van der Waals surface area (Å²) < 4.78 is 4.97. The lowest BCUT2D eigenvalue weighted by Crippen LogP contribution is -2.12. The van der Waals surface area contributed by atoms with E-state index in [-0.39, 0.29) is 17.1 Å². The highest BCUT2D eigenvalue weighted by Gasteiger charge is 2.10. The molecule has 1 aromatic heterocycles. The van der Waals surface area contributed by atoms with Crippen molar-refractivity contribution in [1.29, 1.82) is 0 Å². The largest absolute Gasteiger partial charge is 0.478 e. The first-order valence-corrected chi connectivity index (χ1v) is 8.47. The van der Waals surface area contributed by atoms with Gasteiger partial charge in [-0.05, 0) is 24.3 Å². The number of benzene rings is 2. The van der Waals surface area contributed by atoms with Crippen molar-refractivity contribution < 1.29 is 19.1 Å². The molecule has 7 nitrogen and oxygen atoms in total. The number of hydrogen-bond acceptors (Lipinski definition) is 5. The molecule has 0 aliphatic carbocycles. The number of aromatic carboxylic acids is 1. The number of aromatic nitrogens is 1. The van der Waals surface area contributed by atoms with Gasteiger partial charge in [0.1, 0.15) is 0 Å². The molecule has 0 atom stereocenters. The number of amides is 1. The highest BCUT2D eigenvalue weighted by atomic mass is 16.4. The summed E-state index contributed by atoms with van der Waals surface area (Å²) in [5.74, 6) is -0.751. The topological polar surface area (TPSA) is 110 Å². The molecule has 0 unspecified atom stereocenters. The Balaban J connectivity index is 0.000000194. The third-order valence-electron chi connectivity index (χ3n) is 3.63. The Bertz CT molecular complexity index is 1010. The zero-order chi connectivity index (χ0) is 19.8. The molecule has 0 saturated heterocycles. The van der Waals surface area contributed by atoms with E-state index in [4.69, 9.17) is 9.52 Å². The van der Waals surface area contributed by atoms with Gasteiger partial charge < -0.3 is 14.8 Å². The van der Waals surface area contributed by atoms with E-state index in [1.807, 2.05) is 19.1 Å². The Morgan fingerprint density at radius 1 is 1.07 bits per heavy atom. The number of nitrogens with zero attached hydrogens (tertiary/aromatic N) is 1. The zero-order valence-electron chi connectivity index (χ0n) is 15.1. The number of hydrogen-bond donors (Lipinski definition) is 2. The maximum atomic E-state index is 11.4. The summed E-state index contributed by atoms with van der Waals surface area (Å²) in [6.45, 7) is 3.61. The highest BCUT2D eigenvalue weighted by molar-refractivity contribution is 6.00. The minimum Gasteiger partial charge on any atom is -0.478 e. The van der Waals surface area contributed by atoms with Gasteiger partial charge in [-0.25, -0.2) is 14.6 Å². The van der Waals surface area contributed by atoms with Crippen LogP contribution in [0, 0.1) is 0 Å². The summed E-state index contributed by atoms with van der Waals surface area (Å²) in [7, 11) is 0. The fourth-order valence-corrected chi connectivity index (χ4v) is 2.23. The predicted molar refractivity (Wildman–Crippen MR) is 102 cm³/mol. The second kappa shape index (κ2) is 9.28. The number of carboxylic acids is 1. The van der Waals surface area contributed by atoms with Gasteiger partial charge >= 0.3 is 11.6 Å². The molecule has 0 fully saturated rings. The number of anilines is 1. The number of carboxylic acid groups (broad SMARTS) is 1. The number of nitrogens with one attached hydrogen (secondary N) is 1. The lowest BCUT2D eigenvalue weighted by atomic mass is 10.2. The SMILES string of the molecule is CCC(=O)Nc1ccccc1C(=O)O.CCc1nc2ccccc2c(=O)o1. The molecular weight excluding hydrogens is 348 g/mol. The third kappa shape index (κ3) is 5.24. The van der Waals surface area contributed by atoms with Crippen LogP contribution < -0.4 is 10.9 Å². The quantitative estimate of drug-likeness (QED) is 0.729. The highest BCUT2D eigenvalue weighted by Crippen LogP contribution is 2.14. The first-order valence-electron chi connectivity index (χ1n) is 8.47. The number of fused-ring (bicyclic) bond motifs is 1. The zero-order valence-corrected chi connectivity index (χ0v) is 15.1. The summed E-state index contributed by atoms with van der Waals surface area (Å²) in [4.78, 5) is 37.3. The van der Waals surface area contributed by atoms with Gasteiger partial charge in [-0.3, -0.25) is 4.79 Å². The molecule has 0 bridgehead atoms. The van der Waals surface area contributed by atoms with E-state index in [0.29, 0.717) is 35.3 Å². The Hall–Kier alpha value is -3.48. The molecule has 3 rings (SSSR count). The third-order valence-corrected chi connectivity index (χ3v) is 3.63. The van der Waals surface area contributed by atoms with Crippen molar-refractivity contribution >= 4 is 28.5 Å². The van der Waals surface area contributed by atoms with E-state index in [2.05, 4.69) is 10.3 Å². The Morgan fingerprint density at radius 3 is 2.41 bits per heavy atom. The Labute approximate surface area is 155 Å². The fraction of sp³-hybridized carbons (Fsp3) is 0.200. The van der Waals surface area contributed by atoms with Crippen molar-refractivity contribution in [1.82, 2.24) is 4.98 Å². The summed E-state index contributed by atoms with van der Waals surface area (Å²) in [6, 6.07) is 13.5. The van der Waals surface area contributed by atoms with Gasteiger partial charge in [0.25, 0.3) is 0 Å². The van der Waals surface area contributed by atoms with Crippen LogP contribution in [0.25, 0.3) is 10.9 Å². The van der Waals surface area contributed by atoms with Gasteiger partial charge in [-0.1, -0.05) is 38.1 Å². The molecule has 0 aliphatic rings. The van der Waals surface area contributed by atoms with Crippen LogP contribution in [0.1, 0.15) is 36.5 Å². The average Bonchev–Trinajstić information content (AvgIpc) is 2.68. The Kier molecular flexibility index (Phi) is 6.82. The monoisotopic (exact) mass is 368 g/mol. The molecule has 27 heavy (non-hydrogen) atoms. The van der Waals surface area contributed by atoms with Gasteiger partial charge in [0.15, 0.2) is 5.89 Å². The molecule has 0 aliphatic heterocycles. The molecule has 1 amide bonds. The smallest absolute Gasteiger partial charge is 0.346 e. The second-order valence-electron chi connectivity index (χ2n) is 5.52. The van der Waals surface area contributed by atoms with Crippen molar-refractivity contribution in [3.8, 4) is 0 Å².